The molecule has 35 heavy (non-hydrogen) atoms. The molecule has 0 spiro atoms. The van der Waals surface area contributed by atoms with Crippen molar-refractivity contribution in [2.24, 2.45) is 0 Å². The number of carbonyl (C=O) groups excluding carboxylic acids is 1. The molecule has 2 fully saturated rings. The Morgan fingerprint density at radius 2 is 1.77 bits per heavy atom. The molecule has 3 aromatic rings. The summed E-state index contributed by atoms with van der Waals surface area (Å²) >= 11 is 0. The molecule has 4 heterocycles. The largest absolute Gasteiger partial charge is 0.378 e. The normalized spacial score (nSPS) is 19.5. The molecule has 1 amide bonds. The summed E-state index contributed by atoms with van der Waals surface area (Å²) in [4.78, 5) is 22.0. The highest BCUT2D eigenvalue weighted by atomic mass is 19.1. The van der Waals surface area contributed by atoms with Crippen molar-refractivity contribution in [3.63, 3.8) is 0 Å². The van der Waals surface area contributed by atoms with Gasteiger partial charge in [-0.05, 0) is 53.6 Å². The number of hydrogen-bond acceptors (Lipinski definition) is 5. The molecule has 1 aromatic heterocycles. The number of nitrogens with one attached hydrogen (secondary N) is 1. The summed E-state index contributed by atoms with van der Waals surface area (Å²) in [5.41, 5.74) is 2.70. The number of rotatable bonds is 4. The molecule has 0 bridgehead atoms. The van der Waals surface area contributed by atoms with Gasteiger partial charge in [-0.2, -0.15) is 0 Å². The molecule has 1 N–H and O–H groups in total. The Labute approximate surface area is 201 Å². The first-order valence-corrected chi connectivity index (χ1v) is 11.7. The van der Waals surface area contributed by atoms with Crippen LogP contribution >= 0.6 is 0 Å². The van der Waals surface area contributed by atoms with E-state index < -0.39 is 11.6 Å². The number of halogens is 2. The van der Waals surface area contributed by atoms with Crippen LogP contribution < -0.4 is 10.2 Å². The number of amides is 1. The molecule has 3 aliphatic rings. The molecule has 0 saturated carbocycles. The quantitative estimate of drug-likeness (QED) is 0.579. The predicted octanol–water partition coefficient (Wildman–Crippen LogP) is 4.04. The van der Waals surface area contributed by atoms with Crippen molar-refractivity contribution in [1.82, 2.24) is 9.88 Å². The van der Waals surface area contributed by atoms with Gasteiger partial charge in [-0.25, -0.2) is 13.8 Å². The zero-order valence-corrected chi connectivity index (χ0v) is 19.0. The zero-order chi connectivity index (χ0) is 23.9. The van der Waals surface area contributed by atoms with Gasteiger partial charge in [-0.1, -0.05) is 12.1 Å². The van der Waals surface area contributed by atoms with E-state index in [1.165, 1.54) is 18.2 Å². The second kappa shape index (κ2) is 8.87. The van der Waals surface area contributed by atoms with E-state index in [4.69, 9.17) is 4.74 Å². The van der Waals surface area contributed by atoms with E-state index >= 15 is 0 Å². The van der Waals surface area contributed by atoms with Crippen LogP contribution in [-0.4, -0.2) is 61.2 Å². The van der Waals surface area contributed by atoms with E-state index in [0.717, 1.165) is 50.8 Å². The van der Waals surface area contributed by atoms with Crippen molar-refractivity contribution < 1.29 is 18.3 Å². The number of fused-ring (bicyclic) bond motifs is 1. The van der Waals surface area contributed by atoms with E-state index in [2.05, 4.69) is 20.1 Å². The first-order chi connectivity index (χ1) is 17.1. The Hall–Kier alpha value is -3.62. The van der Waals surface area contributed by atoms with Crippen LogP contribution in [0.2, 0.25) is 0 Å². The van der Waals surface area contributed by atoms with Crippen molar-refractivity contribution in [2.45, 2.75) is 6.04 Å². The van der Waals surface area contributed by atoms with Gasteiger partial charge >= 0.3 is 0 Å². The minimum atomic E-state index is -0.644. The first-order valence-electron chi connectivity index (χ1n) is 11.7. The lowest BCUT2D eigenvalue weighted by molar-refractivity contribution is -0.110. The standard InChI is InChI=1S/C27H24F2N4O2/c28-22-2-1-3-23(29)26(22)18-5-6-24-20(13-18)21(27(34)31-24)12-17-4-7-25(30-14-17)33-10-8-32(9-11-33)19-15-35-16-19/h1-7,12-14,19H,8-11,15-16H2,(H,31,34)/b21-12-. The van der Waals surface area contributed by atoms with Gasteiger partial charge in [-0.3, -0.25) is 9.69 Å². The molecule has 8 heteroatoms. The SMILES string of the molecule is O=C1Nc2ccc(-c3c(F)cccc3F)cc2/C1=C/c1ccc(N2CCN(C3COC3)CC2)nc1. The van der Waals surface area contributed by atoms with Crippen LogP contribution in [-0.2, 0) is 9.53 Å². The zero-order valence-electron chi connectivity index (χ0n) is 19.0. The molecule has 6 rings (SSSR count). The monoisotopic (exact) mass is 474 g/mol. The summed E-state index contributed by atoms with van der Waals surface area (Å²) in [6.07, 6.45) is 3.51. The van der Waals surface area contributed by atoms with Crippen LogP contribution in [0.3, 0.4) is 0 Å². The average molecular weight is 475 g/mol. The van der Waals surface area contributed by atoms with E-state index in [9.17, 15) is 13.6 Å². The van der Waals surface area contributed by atoms with Crippen molar-refractivity contribution in [1.29, 1.82) is 0 Å². The molecule has 0 unspecified atom stereocenters. The van der Waals surface area contributed by atoms with Crippen LogP contribution in [0.15, 0.2) is 54.7 Å². The van der Waals surface area contributed by atoms with Gasteiger partial charge in [0.05, 0.1) is 24.8 Å². The number of piperazine rings is 1. The summed E-state index contributed by atoms with van der Waals surface area (Å²) in [5, 5.41) is 2.82. The van der Waals surface area contributed by atoms with E-state index in [0.29, 0.717) is 28.4 Å². The van der Waals surface area contributed by atoms with Crippen LogP contribution in [0.1, 0.15) is 11.1 Å². The molecule has 178 valence electrons. The minimum absolute atomic E-state index is 0.107. The number of anilines is 2. The fourth-order valence-electron chi connectivity index (χ4n) is 4.85. The average Bonchev–Trinajstić information content (AvgIpc) is 3.13. The third-order valence-corrected chi connectivity index (χ3v) is 6.91. The summed E-state index contributed by atoms with van der Waals surface area (Å²) in [5.74, 6) is -0.639. The summed E-state index contributed by atoms with van der Waals surface area (Å²) < 4.78 is 33.9. The van der Waals surface area contributed by atoms with E-state index in [-0.39, 0.29) is 11.5 Å². The number of ether oxygens (including phenoxy) is 1. The smallest absolute Gasteiger partial charge is 0.256 e. The molecule has 6 nitrogen and oxygen atoms in total. The fraction of sp³-hybridized carbons (Fsp3) is 0.259. The molecule has 3 aliphatic heterocycles. The predicted molar refractivity (Wildman–Crippen MR) is 131 cm³/mol. The van der Waals surface area contributed by atoms with Gasteiger partial charge in [0.25, 0.3) is 5.91 Å². The van der Waals surface area contributed by atoms with Crippen LogP contribution in [0.5, 0.6) is 0 Å². The third-order valence-electron chi connectivity index (χ3n) is 6.91. The van der Waals surface area contributed by atoms with E-state index in [1.54, 1.807) is 30.5 Å². The van der Waals surface area contributed by atoms with Gasteiger partial charge in [0.2, 0.25) is 0 Å². The number of nitrogens with zero attached hydrogens (tertiary/aromatic N) is 3. The molecule has 2 saturated heterocycles. The van der Waals surface area contributed by atoms with Gasteiger partial charge in [0, 0.05) is 49.2 Å². The molecule has 2 aromatic carbocycles. The van der Waals surface area contributed by atoms with Gasteiger partial charge in [0.15, 0.2) is 0 Å². The number of aromatic nitrogens is 1. The highest BCUT2D eigenvalue weighted by molar-refractivity contribution is 6.35. The number of pyridine rings is 1. The first kappa shape index (κ1) is 21.9. The summed E-state index contributed by atoms with van der Waals surface area (Å²) in [6.45, 7) is 5.46. The highest BCUT2D eigenvalue weighted by Crippen LogP contribution is 2.37. The Morgan fingerprint density at radius 3 is 2.43 bits per heavy atom. The van der Waals surface area contributed by atoms with Gasteiger partial charge in [0.1, 0.15) is 17.5 Å². The number of carbonyl (C=O) groups is 1. The van der Waals surface area contributed by atoms with Crippen LogP contribution in [0, 0.1) is 11.6 Å². The molecular weight excluding hydrogens is 450 g/mol. The summed E-state index contributed by atoms with van der Waals surface area (Å²) in [7, 11) is 0. The maximum absolute atomic E-state index is 14.3. The van der Waals surface area contributed by atoms with Crippen LogP contribution in [0.4, 0.5) is 20.3 Å². The second-order valence-electron chi connectivity index (χ2n) is 9.03. The lowest BCUT2D eigenvalue weighted by atomic mass is 9.98. The third kappa shape index (κ3) is 4.09. The van der Waals surface area contributed by atoms with Crippen molar-refractivity contribution in [3.8, 4) is 11.1 Å². The number of benzene rings is 2. The van der Waals surface area contributed by atoms with Crippen LogP contribution in [0.25, 0.3) is 22.8 Å². The molecular formula is C27H24F2N4O2. The lowest BCUT2D eigenvalue weighted by Gasteiger charge is -2.42. The highest BCUT2D eigenvalue weighted by Gasteiger charge is 2.29. The number of hydrogen-bond donors (Lipinski definition) is 1. The van der Waals surface area contributed by atoms with E-state index in [1.807, 2.05) is 12.1 Å². The lowest BCUT2D eigenvalue weighted by Crippen LogP contribution is -2.56. The van der Waals surface area contributed by atoms with Gasteiger partial charge in [-0.15, -0.1) is 0 Å². The van der Waals surface area contributed by atoms with Gasteiger partial charge < -0.3 is 15.0 Å². The van der Waals surface area contributed by atoms with Crippen molar-refractivity contribution in [2.75, 3.05) is 49.6 Å². The Balaban J connectivity index is 1.23. The maximum Gasteiger partial charge on any atom is 0.256 e. The molecule has 0 atom stereocenters. The Kier molecular flexibility index (Phi) is 5.54. The Morgan fingerprint density at radius 1 is 1.00 bits per heavy atom. The summed E-state index contributed by atoms with van der Waals surface area (Å²) in [6, 6.07) is 13.2. The van der Waals surface area contributed by atoms with Crippen molar-refractivity contribution >= 4 is 29.1 Å². The van der Waals surface area contributed by atoms with Crippen molar-refractivity contribution in [3.05, 3.63) is 77.5 Å². The topological polar surface area (TPSA) is 57.7 Å². The maximum atomic E-state index is 14.3. The Bertz CT molecular complexity index is 1290. The molecule has 0 aliphatic carbocycles. The second-order valence-corrected chi connectivity index (χ2v) is 9.03. The molecule has 0 radical (unpaired) electrons. The minimum Gasteiger partial charge on any atom is -0.378 e. The fourth-order valence-corrected chi connectivity index (χ4v) is 4.85.